The number of carbonyl (C=O) groups is 1. The van der Waals surface area contributed by atoms with Gasteiger partial charge in [0.2, 0.25) is 0 Å². The van der Waals surface area contributed by atoms with Gasteiger partial charge < -0.3 is 10.2 Å². The average Bonchev–Trinajstić information content (AvgIpc) is 2.41. The SMILES string of the molecule is CC(C)(C)c1cc(SCC=CC=CC(=O)O)cc(C(C)(C)C)c1O. The molecule has 1 rings (SSSR count). The normalized spacial score (nSPS) is 13.1. The largest absolute Gasteiger partial charge is 0.507 e. The zero-order chi connectivity index (χ0) is 18.5. The molecule has 0 spiro atoms. The topological polar surface area (TPSA) is 57.5 Å². The quantitative estimate of drug-likeness (QED) is 0.432. The number of phenolic OH excluding ortho intramolecular Hbond substituents is 1. The predicted molar refractivity (Wildman–Crippen MR) is 102 cm³/mol. The summed E-state index contributed by atoms with van der Waals surface area (Å²) in [6.45, 7) is 12.6. The lowest BCUT2D eigenvalue weighted by atomic mass is 9.79. The van der Waals surface area contributed by atoms with E-state index in [1.54, 1.807) is 17.8 Å². The minimum atomic E-state index is -0.949. The molecule has 1 aromatic rings. The second-order valence-electron chi connectivity index (χ2n) is 7.80. The van der Waals surface area contributed by atoms with Crippen molar-refractivity contribution < 1.29 is 15.0 Å². The van der Waals surface area contributed by atoms with E-state index in [1.165, 1.54) is 6.08 Å². The predicted octanol–water partition coefficient (Wildman–Crippen LogP) is 5.28. The van der Waals surface area contributed by atoms with E-state index in [2.05, 4.69) is 53.7 Å². The number of hydrogen-bond donors (Lipinski definition) is 2. The summed E-state index contributed by atoms with van der Waals surface area (Å²) in [6, 6.07) is 4.10. The number of carboxylic acid groups (broad SMARTS) is 1. The molecular weight excluding hydrogens is 320 g/mol. The van der Waals surface area contributed by atoms with Crippen LogP contribution in [0.5, 0.6) is 5.75 Å². The molecule has 3 nitrogen and oxygen atoms in total. The van der Waals surface area contributed by atoms with Gasteiger partial charge in [-0.2, -0.15) is 0 Å². The summed E-state index contributed by atoms with van der Waals surface area (Å²) in [7, 11) is 0. The molecule has 0 radical (unpaired) electrons. The average molecular weight is 349 g/mol. The summed E-state index contributed by atoms with van der Waals surface area (Å²) in [5.74, 6) is 0.178. The van der Waals surface area contributed by atoms with Gasteiger partial charge in [-0.05, 0) is 23.0 Å². The Labute approximate surface area is 149 Å². The molecule has 0 fully saturated rings. The Kier molecular flexibility index (Phi) is 6.73. The van der Waals surface area contributed by atoms with Gasteiger partial charge in [-0.1, -0.05) is 59.8 Å². The summed E-state index contributed by atoms with van der Waals surface area (Å²) >= 11 is 1.67. The van der Waals surface area contributed by atoms with Crippen molar-refractivity contribution in [3.8, 4) is 5.75 Å². The van der Waals surface area contributed by atoms with E-state index in [-0.39, 0.29) is 10.8 Å². The summed E-state index contributed by atoms with van der Waals surface area (Å²) in [6.07, 6.45) is 6.28. The van der Waals surface area contributed by atoms with Crippen LogP contribution >= 0.6 is 11.8 Å². The highest BCUT2D eigenvalue weighted by Crippen LogP contribution is 2.41. The number of rotatable bonds is 5. The van der Waals surface area contributed by atoms with Gasteiger partial charge in [0.05, 0.1) is 0 Å². The number of phenols is 1. The maximum absolute atomic E-state index is 10.7. The first-order valence-corrected chi connectivity index (χ1v) is 8.98. The number of aromatic hydroxyl groups is 1. The smallest absolute Gasteiger partial charge is 0.328 e. The second kappa shape index (κ2) is 7.93. The molecule has 0 saturated carbocycles. The van der Waals surface area contributed by atoms with Gasteiger partial charge in [0.25, 0.3) is 0 Å². The van der Waals surface area contributed by atoms with Crippen LogP contribution in [0.15, 0.2) is 41.3 Å². The van der Waals surface area contributed by atoms with E-state index in [0.29, 0.717) is 5.75 Å². The highest BCUT2D eigenvalue weighted by Gasteiger charge is 2.26. The third-order valence-corrected chi connectivity index (χ3v) is 4.46. The lowest BCUT2D eigenvalue weighted by Crippen LogP contribution is -2.17. The number of carboxylic acids is 1. The van der Waals surface area contributed by atoms with E-state index in [9.17, 15) is 9.90 Å². The van der Waals surface area contributed by atoms with Crippen LogP contribution in [0.4, 0.5) is 0 Å². The number of thioether (sulfide) groups is 1. The van der Waals surface area contributed by atoms with Crippen LogP contribution in [0.1, 0.15) is 52.7 Å². The molecule has 0 heterocycles. The van der Waals surface area contributed by atoms with Gasteiger partial charge in [0.1, 0.15) is 5.75 Å². The van der Waals surface area contributed by atoms with Crippen molar-refractivity contribution in [3.05, 3.63) is 47.6 Å². The Hall–Kier alpha value is -1.68. The monoisotopic (exact) mass is 348 g/mol. The third kappa shape index (κ3) is 6.08. The highest BCUT2D eigenvalue weighted by molar-refractivity contribution is 7.99. The van der Waals surface area contributed by atoms with Crippen LogP contribution in [-0.4, -0.2) is 21.9 Å². The van der Waals surface area contributed by atoms with Gasteiger partial charge in [-0.25, -0.2) is 4.79 Å². The molecule has 0 aliphatic rings. The Balaban J connectivity index is 3.05. The van der Waals surface area contributed by atoms with Crippen LogP contribution < -0.4 is 0 Å². The van der Waals surface area contributed by atoms with Crippen molar-refractivity contribution in [1.29, 1.82) is 0 Å². The summed E-state index contributed by atoms with van der Waals surface area (Å²) in [5, 5.41) is 19.2. The molecule has 0 aliphatic carbocycles. The molecule has 0 unspecified atom stereocenters. The fraction of sp³-hybridized carbons (Fsp3) is 0.450. The van der Waals surface area contributed by atoms with E-state index in [1.807, 2.05) is 6.08 Å². The molecule has 0 atom stereocenters. The number of benzene rings is 1. The zero-order valence-electron chi connectivity index (χ0n) is 15.4. The zero-order valence-corrected chi connectivity index (χ0v) is 16.2. The molecule has 1 aromatic carbocycles. The van der Waals surface area contributed by atoms with Crippen LogP contribution in [0, 0.1) is 0 Å². The highest BCUT2D eigenvalue weighted by atomic mass is 32.2. The molecule has 4 heteroatoms. The maximum atomic E-state index is 10.7. The first-order chi connectivity index (χ1) is 10.9. The van der Waals surface area contributed by atoms with Crippen molar-refractivity contribution in [3.63, 3.8) is 0 Å². The lowest BCUT2D eigenvalue weighted by molar-refractivity contribution is -0.131. The molecule has 132 valence electrons. The van der Waals surface area contributed by atoms with Gasteiger partial charge in [0.15, 0.2) is 0 Å². The fourth-order valence-corrected chi connectivity index (χ4v) is 3.05. The van der Waals surface area contributed by atoms with Crippen LogP contribution in [0.25, 0.3) is 0 Å². The Morgan fingerprint density at radius 3 is 1.96 bits per heavy atom. The Morgan fingerprint density at radius 1 is 1.04 bits per heavy atom. The molecule has 0 amide bonds. The molecule has 2 N–H and O–H groups in total. The van der Waals surface area contributed by atoms with Crippen molar-refractivity contribution in [2.75, 3.05) is 5.75 Å². The standard InChI is InChI=1S/C20H28O3S/c1-19(2,3)15-12-14(13-16(18(15)23)20(4,5)6)24-11-9-7-8-10-17(21)22/h7-10,12-13,23H,11H2,1-6H3,(H,21,22). The number of allylic oxidation sites excluding steroid dienone is 2. The van der Waals surface area contributed by atoms with E-state index >= 15 is 0 Å². The minimum absolute atomic E-state index is 0.138. The van der Waals surface area contributed by atoms with Crippen molar-refractivity contribution in [2.24, 2.45) is 0 Å². The van der Waals surface area contributed by atoms with Crippen LogP contribution in [0.2, 0.25) is 0 Å². The van der Waals surface area contributed by atoms with Gasteiger partial charge >= 0.3 is 5.97 Å². The molecule has 0 saturated heterocycles. The van der Waals surface area contributed by atoms with Crippen molar-refractivity contribution >= 4 is 17.7 Å². The van der Waals surface area contributed by atoms with Crippen molar-refractivity contribution in [1.82, 2.24) is 0 Å². The molecular formula is C20H28O3S. The lowest BCUT2D eigenvalue weighted by Gasteiger charge is -2.28. The van der Waals surface area contributed by atoms with Gasteiger partial charge in [0, 0.05) is 27.9 Å². The van der Waals surface area contributed by atoms with Gasteiger partial charge in [-0.3, -0.25) is 0 Å². The van der Waals surface area contributed by atoms with Gasteiger partial charge in [-0.15, -0.1) is 11.8 Å². The molecule has 24 heavy (non-hydrogen) atoms. The first kappa shape index (κ1) is 20.4. The minimum Gasteiger partial charge on any atom is -0.507 e. The third-order valence-electron chi connectivity index (χ3n) is 3.53. The van der Waals surface area contributed by atoms with E-state index in [4.69, 9.17) is 5.11 Å². The Morgan fingerprint density at radius 2 is 1.54 bits per heavy atom. The fourth-order valence-electron chi connectivity index (χ4n) is 2.25. The van der Waals surface area contributed by atoms with Crippen molar-refractivity contribution in [2.45, 2.75) is 57.3 Å². The van der Waals surface area contributed by atoms with E-state index < -0.39 is 5.97 Å². The second-order valence-corrected chi connectivity index (χ2v) is 8.90. The van der Waals surface area contributed by atoms with E-state index in [0.717, 1.165) is 27.9 Å². The summed E-state index contributed by atoms with van der Waals surface area (Å²) < 4.78 is 0. The first-order valence-electron chi connectivity index (χ1n) is 8.00. The summed E-state index contributed by atoms with van der Waals surface area (Å²) in [4.78, 5) is 11.5. The number of hydrogen-bond acceptors (Lipinski definition) is 3. The maximum Gasteiger partial charge on any atom is 0.328 e. The molecule has 0 aromatic heterocycles. The molecule has 0 aliphatic heterocycles. The number of aliphatic carboxylic acids is 1. The van der Waals surface area contributed by atoms with Crippen LogP contribution in [0.3, 0.4) is 0 Å². The van der Waals surface area contributed by atoms with Crippen LogP contribution in [-0.2, 0) is 15.6 Å². The molecule has 0 bridgehead atoms. The Bertz CT molecular complexity index is 609. The summed E-state index contributed by atoms with van der Waals surface area (Å²) in [5.41, 5.74) is 1.63.